The fourth-order valence-electron chi connectivity index (χ4n) is 1.73. The summed E-state index contributed by atoms with van der Waals surface area (Å²) in [6.07, 6.45) is 0. The highest BCUT2D eigenvalue weighted by molar-refractivity contribution is 5.91. The summed E-state index contributed by atoms with van der Waals surface area (Å²) in [5, 5.41) is 9.04. The zero-order chi connectivity index (χ0) is 11.8. The van der Waals surface area contributed by atoms with Gasteiger partial charge in [-0.25, -0.2) is 4.79 Å². The molecule has 2 nitrogen and oxygen atoms in total. The number of carboxylic acid groups (broad SMARTS) is 1. The predicted octanol–water partition coefficient (Wildman–Crippen LogP) is 3.30. The van der Waals surface area contributed by atoms with Crippen molar-refractivity contribution in [2.75, 3.05) is 0 Å². The maximum absolute atomic E-state index is 11.0. The second-order valence-corrected chi connectivity index (χ2v) is 5.04. The molecule has 0 saturated carbocycles. The summed E-state index contributed by atoms with van der Waals surface area (Å²) in [6.45, 7) is 10.1. The fraction of sp³-hybridized carbons (Fsp3) is 0.462. The first-order chi connectivity index (χ1) is 6.73. The van der Waals surface area contributed by atoms with Crippen LogP contribution < -0.4 is 0 Å². The maximum atomic E-state index is 11.0. The molecule has 0 unspecified atom stereocenters. The first kappa shape index (κ1) is 11.8. The number of carbonyl (C=O) groups is 1. The summed E-state index contributed by atoms with van der Waals surface area (Å²) in [5.74, 6) is -0.842. The lowest BCUT2D eigenvalue weighted by Gasteiger charge is -2.21. The molecular formula is C13H18O2. The third-order valence-electron chi connectivity index (χ3n) is 2.61. The van der Waals surface area contributed by atoms with Gasteiger partial charge in [0.15, 0.2) is 0 Å². The van der Waals surface area contributed by atoms with Gasteiger partial charge < -0.3 is 5.11 Å². The third-order valence-corrected chi connectivity index (χ3v) is 2.61. The number of rotatable bonds is 1. The maximum Gasteiger partial charge on any atom is 0.336 e. The number of aryl methyl sites for hydroxylation is 2. The van der Waals surface area contributed by atoms with Gasteiger partial charge in [0, 0.05) is 0 Å². The van der Waals surface area contributed by atoms with Crippen LogP contribution in [-0.4, -0.2) is 11.1 Å². The molecule has 0 aromatic heterocycles. The smallest absolute Gasteiger partial charge is 0.336 e. The zero-order valence-electron chi connectivity index (χ0n) is 10.0. The van der Waals surface area contributed by atoms with Crippen LogP contribution in [0.25, 0.3) is 0 Å². The van der Waals surface area contributed by atoms with Crippen molar-refractivity contribution in [3.05, 3.63) is 34.4 Å². The van der Waals surface area contributed by atoms with Crippen LogP contribution in [0.1, 0.15) is 47.8 Å². The summed E-state index contributed by atoms with van der Waals surface area (Å²) in [4.78, 5) is 11.0. The minimum atomic E-state index is -0.842. The van der Waals surface area contributed by atoms with Crippen molar-refractivity contribution >= 4 is 5.97 Å². The van der Waals surface area contributed by atoms with E-state index in [2.05, 4.69) is 20.8 Å². The van der Waals surface area contributed by atoms with Gasteiger partial charge in [-0.3, -0.25) is 0 Å². The average Bonchev–Trinajstić information content (AvgIpc) is 1.99. The molecule has 15 heavy (non-hydrogen) atoms. The molecule has 0 aliphatic rings. The van der Waals surface area contributed by atoms with Crippen molar-refractivity contribution < 1.29 is 9.90 Å². The van der Waals surface area contributed by atoms with Crippen LogP contribution in [0.4, 0.5) is 0 Å². The number of aromatic carboxylic acids is 1. The van der Waals surface area contributed by atoms with E-state index < -0.39 is 5.97 Å². The molecule has 1 aromatic carbocycles. The zero-order valence-corrected chi connectivity index (χ0v) is 10.0. The first-order valence-electron chi connectivity index (χ1n) is 5.08. The molecule has 0 fully saturated rings. The van der Waals surface area contributed by atoms with Gasteiger partial charge in [0.05, 0.1) is 5.56 Å². The molecule has 2 heteroatoms. The van der Waals surface area contributed by atoms with E-state index in [0.29, 0.717) is 5.56 Å². The van der Waals surface area contributed by atoms with E-state index in [1.165, 1.54) is 5.56 Å². The quantitative estimate of drug-likeness (QED) is 0.765. The molecule has 0 saturated heterocycles. The summed E-state index contributed by atoms with van der Waals surface area (Å²) in [5.41, 5.74) is 3.36. The highest BCUT2D eigenvalue weighted by Gasteiger charge is 2.18. The van der Waals surface area contributed by atoms with Crippen LogP contribution in [0.5, 0.6) is 0 Å². The normalized spacial score (nSPS) is 11.5. The summed E-state index contributed by atoms with van der Waals surface area (Å²) in [6, 6.07) is 3.94. The van der Waals surface area contributed by atoms with E-state index in [1.807, 2.05) is 26.0 Å². The monoisotopic (exact) mass is 206 g/mol. The van der Waals surface area contributed by atoms with E-state index >= 15 is 0 Å². The summed E-state index contributed by atoms with van der Waals surface area (Å²) < 4.78 is 0. The predicted molar refractivity (Wildman–Crippen MR) is 61.6 cm³/mol. The second kappa shape index (κ2) is 3.69. The van der Waals surface area contributed by atoms with Crippen LogP contribution >= 0.6 is 0 Å². The molecule has 1 aromatic rings. The van der Waals surface area contributed by atoms with E-state index in [0.717, 1.165) is 11.1 Å². The number of hydrogen-bond acceptors (Lipinski definition) is 1. The minimum Gasteiger partial charge on any atom is -0.478 e. The summed E-state index contributed by atoms with van der Waals surface area (Å²) >= 11 is 0. The van der Waals surface area contributed by atoms with Gasteiger partial charge in [-0.1, -0.05) is 32.9 Å². The first-order valence-corrected chi connectivity index (χ1v) is 5.08. The van der Waals surface area contributed by atoms with Crippen LogP contribution in [0.3, 0.4) is 0 Å². The van der Waals surface area contributed by atoms with Crippen molar-refractivity contribution in [1.82, 2.24) is 0 Å². The van der Waals surface area contributed by atoms with Gasteiger partial charge in [0.2, 0.25) is 0 Å². The topological polar surface area (TPSA) is 37.3 Å². The van der Waals surface area contributed by atoms with E-state index in [-0.39, 0.29) is 5.41 Å². The molecule has 0 amide bonds. The van der Waals surface area contributed by atoms with Crippen molar-refractivity contribution in [2.45, 2.75) is 40.0 Å². The molecule has 0 aliphatic heterocycles. The van der Waals surface area contributed by atoms with Gasteiger partial charge in [-0.2, -0.15) is 0 Å². The highest BCUT2D eigenvalue weighted by Crippen LogP contribution is 2.26. The Morgan fingerprint density at radius 3 is 1.80 bits per heavy atom. The Balaban J connectivity index is 3.39. The van der Waals surface area contributed by atoms with Crippen LogP contribution in [0, 0.1) is 13.8 Å². The van der Waals surface area contributed by atoms with E-state index in [1.54, 1.807) is 0 Å². The molecule has 0 aliphatic carbocycles. The van der Waals surface area contributed by atoms with Crippen molar-refractivity contribution in [3.8, 4) is 0 Å². The van der Waals surface area contributed by atoms with E-state index in [4.69, 9.17) is 5.11 Å². The van der Waals surface area contributed by atoms with Crippen LogP contribution in [0.15, 0.2) is 12.1 Å². The largest absolute Gasteiger partial charge is 0.478 e. The molecule has 0 atom stereocenters. The Morgan fingerprint density at radius 2 is 1.53 bits per heavy atom. The molecule has 0 spiro atoms. The molecule has 0 bridgehead atoms. The molecule has 1 rings (SSSR count). The van der Waals surface area contributed by atoms with Crippen molar-refractivity contribution in [3.63, 3.8) is 0 Å². The lowest BCUT2D eigenvalue weighted by molar-refractivity contribution is 0.0695. The molecular weight excluding hydrogens is 188 g/mol. The van der Waals surface area contributed by atoms with Gasteiger partial charge in [-0.15, -0.1) is 0 Å². The lowest BCUT2D eigenvalue weighted by atomic mass is 9.84. The van der Waals surface area contributed by atoms with Gasteiger partial charge in [-0.05, 0) is 36.0 Å². The Bertz CT molecular complexity index is 374. The molecule has 0 heterocycles. The van der Waals surface area contributed by atoms with Gasteiger partial charge in [0.1, 0.15) is 0 Å². The number of carboxylic acids is 1. The fourth-order valence-corrected chi connectivity index (χ4v) is 1.73. The van der Waals surface area contributed by atoms with Crippen LogP contribution in [-0.2, 0) is 5.41 Å². The molecule has 0 radical (unpaired) electrons. The Labute approximate surface area is 90.9 Å². The Kier molecular flexibility index (Phi) is 2.89. The average molecular weight is 206 g/mol. The van der Waals surface area contributed by atoms with Crippen molar-refractivity contribution in [1.29, 1.82) is 0 Å². The molecule has 82 valence electrons. The highest BCUT2D eigenvalue weighted by atomic mass is 16.4. The number of benzene rings is 1. The SMILES string of the molecule is Cc1cc(C(C)(C)C)cc(C)c1C(=O)O. The summed E-state index contributed by atoms with van der Waals surface area (Å²) in [7, 11) is 0. The minimum absolute atomic E-state index is 0.0621. The lowest BCUT2D eigenvalue weighted by Crippen LogP contribution is -2.13. The van der Waals surface area contributed by atoms with Gasteiger partial charge in [0.25, 0.3) is 0 Å². The molecule has 1 N–H and O–H groups in total. The second-order valence-electron chi connectivity index (χ2n) is 5.04. The van der Waals surface area contributed by atoms with Gasteiger partial charge >= 0.3 is 5.97 Å². The van der Waals surface area contributed by atoms with Crippen molar-refractivity contribution in [2.24, 2.45) is 0 Å². The van der Waals surface area contributed by atoms with E-state index in [9.17, 15) is 4.79 Å². The number of hydrogen-bond donors (Lipinski definition) is 1. The third kappa shape index (κ3) is 2.38. The van der Waals surface area contributed by atoms with Crippen LogP contribution in [0.2, 0.25) is 0 Å². The Morgan fingerprint density at radius 1 is 1.13 bits per heavy atom. The Hall–Kier alpha value is -1.31. The standard InChI is InChI=1S/C13H18O2/c1-8-6-10(13(3,4)5)7-9(2)11(8)12(14)15/h6-7H,1-5H3,(H,14,15).